The van der Waals surface area contributed by atoms with E-state index in [1.807, 2.05) is 0 Å². The van der Waals surface area contributed by atoms with Crippen LogP contribution in [0.15, 0.2) is 12.1 Å². The summed E-state index contributed by atoms with van der Waals surface area (Å²) in [5.41, 5.74) is 11.7. The molecule has 6 nitrogen and oxygen atoms in total. The molecule has 5 N–H and O–H groups in total. The normalized spacial score (nSPS) is 22.9. The third-order valence-corrected chi connectivity index (χ3v) is 2.95. The zero-order valence-corrected chi connectivity index (χ0v) is 9.64. The van der Waals surface area contributed by atoms with E-state index < -0.39 is 5.91 Å². The van der Waals surface area contributed by atoms with Crippen LogP contribution in [-0.4, -0.2) is 30.1 Å². The molecule has 0 atom stereocenters. The number of primary amides is 1. The van der Waals surface area contributed by atoms with E-state index in [2.05, 4.69) is 10.3 Å². The highest BCUT2D eigenvalue weighted by Gasteiger charge is 2.29. The number of hydrogen-bond acceptors (Lipinski definition) is 5. The van der Waals surface area contributed by atoms with Crippen molar-refractivity contribution in [1.82, 2.24) is 4.98 Å². The van der Waals surface area contributed by atoms with Crippen LogP contribution in [0, 0.1) is 0 Å². The van der Waals surface area contributed by atoms with Crippen LogP contribution in [0.25, 0.3) is 0 Å². The first-order valence-electron chi connectivity index (χ1n) is 5.45. The molecule has 17 heavy (non-hydrogen) atoms. The van der Waals surface area contributed by atoms with Crippen molar-refractivity contribution in [3.05, 3.63) is 17.8 Å². The number of carbonyl (C=O) groups excluding carboxylic acids is 1. The summed E-state index contributed by atoms with van der Waals surface area (Å²) in [5.74, 6) is -0.0442. The Labute approximate surface area is 99.3 Å². The second-order valence-corrected chi connectivity index (χ2v) is 4.17. The second kappa shape index (κ2) is 4.58. The number of pyridine rings is 1. The van der Waals surface area contributed by atoms with Crippen LogP contribution in [0.2, 0.25) is 0 Å². The van der Waals surface area contributed by atoms with Crippen LogP contribution in [0.5, 0.6) is 0 Å². The molecule has 1 aromatic rings. The van der Waals surface area contributed by atoms with Gasteiger partial charge in [-0.2, -0.15) is 0 Å². The van der Waals surface area contributed by atoms with Gasteiger partial charge in [-0.3, -0.25) is 4.79 Å². The predicted molar refractivity (Wildman–Crippen MR) is 64.6 cm³/mol. The minimum Gasteiger partial charge on any atom is -0.396 e. The standard InChI is InChI=1S/C11H16N4O2/c1-17-7-4-6(5-7)14-11-8(12)2-3-9(15-11)10(13)16/h2-3,6-7H,4-5,12H2,1H3,(H2,13,16)(H,14,15). The number of anilines is 2. The topological polar surface area (TPSA) is 103 Å². The van der Waals surface area contributed by atoms with Crippen LogP contribution >= 0.6 is 0 Å². The number of methoxy groups -OCH3 is 1. The van der Waals surface area contributed by atoms with Gasteiger partial charge < -0.3 is 21.5 Å². The Balaban J connectivity index is 2.05. The Bertz CT molecular complexity index is 429. The fourth-order valence-corrected chi connectivity index (χ4v) is 1.79. The third kappa shape index (κ3) is 2.47. The van der Waals surface area contributed by atoms with Gasteiger partial charge in [0.25, 0.3) is 5.91 Å². The molecule has 2 rings (SSSR count). The number of aromatic nitrogens is 1. The van der Waals surface area contributed by atoms with Crippen LogP contribution in [0.4, 0.5) is 11.5 Å². The average molecular weight is 236 g/mol. The Kier molecular flexibility index (Phi) is 3.14. The number of carbonyl (C=O) groups is 1. The molecule has 0 saturated heterocycles. The lowest BCUT2D eigenvalue weighted by Gasteiger charge is -2.35. The first kappa shape index (κ1) is 11.7. The SMILES string of the molecule is COC1CC(Nc2nc(C(N)=O)ccc2N)C1. The second-order valence-electron chi connectivity index (χ2n) is 4.17. The van der Waals surface area contributed by atoms with E-state index in [1.54, 1.807) is 13.2 Å². The summed E-state index contributed by atoms with van der Waals surface area (Å²) < 4.78 is 5.18. The van der Waals surface area contributed by atoms with Crippen molar-refractivity contribution >= 4 is 17.4 Å². The summed E-state index contributed by atoms with van der Waals surface area (Å²) in [6.07, 6.45) is 2.13. The van der Waals surface area contributed by atoms with E-state index >= 15 is 0 Å². The van der Waals surface area contributed by atoms with Crippen LogP contribution < -0.4 is 16.8 Å². The molecule has 1 aromatic heterocycles. The Morgan fingerprint density at radius 2 is 2.24 bits per heavy atom. The lowest BCUT2D eigenvalue weighted by Crippen LogP contribution is -2.40. The monoisotopic (exact) mass is 236 g/mol. The molecule has 1 aliphatic rings. The van der Waals surface area contributed by atoms with Gasteiger partial charge in [0.15, 0.2) is 0 Å². The fraction of sp³-hybridized carbons (Fsp3) is 0.455. The summed E-state index contributed by atoms with van der Waals surface area (Å²) in [6.45, 7) is 0. The van der Waals surface area contributed by atoms with Gasteiger partial charge in [0.2, 0.25) is 0 Å². The van der Waals surface area contributed by atoms with Crippen molar-refractivity contribution in [3.63, 3.8) is 0 Å². The maximum atomic E-state index is 11.0. The van der Waals surface area contributed by atoms with Gasteiger partial charge in [-0.05, 0) is 25.0 Å². The van der Waals surface area contributed by atoms with E-state index in [-0.39, 0.29) is 11.7 Å². The molecular weight excluding hydrogens is 220 g/mol. The van der Waals surface area contributed by atoms with E-state index in [9.17, 15) is 4.79 Å². The minimum absolute atomic E-state index is 0.212. The van der Waals surface area contributed by atoms with Crippen molar-refractivity contribution in [1.29, 1.82) is 0 Å². The number of rotatable bonds is 4. The molecule has 1 heterocycles. The summed E-state index contributed by atoms with van der Waals surface area (Å²) >= 11 is 0. The van der Waals surface area contributed by atoms with Crippen molar-refractivity contribution < 1.29 is 9.53 Å². The molecule has 0 unspecified atom stereocenters. The summed E-state index contributed by atoms with van der Waals surface area (Å²) in [7, 11) is 1.70. The highest BCUT2D eigenvalue weighted by Crippen LogP contribution is 2.27. The lowest BCUT2D eigenvalue weighted by molar-refractivity contribution is 0.0328. The minimum atomic E-state index is -0.559. The molecule has 1 amide bonds. The maximum Gasteiger partial charge on any atom is 0.267 e. The predicted octanol–water partition coefficient (Wildman–Crippen LogP) is 0.352. The quantitative estimate of drug-likeness (QED) is 0.700. The molecule has 0 bridgehead atoms. The first-order valence-corrected chi connectivity index (χ1v) is 5.45. The Hall–Kier alpha value is -1.82. The van der Waals surface area contributed by atoms with Gasteiger partial charge in [0.1, 0.15) is 11.5 Å². The highest BCUT2D eigenvalue weighted by molar-refractivity contribution is 5.91. The largest absolute Gasteiger partial charge is 0.396 e. The van der Waals surface area contributed by atoms with Gasteiger partial charge in [-0.1, -0.05) is 0 Å². The first-order chi connectivity index (χ1) is 8.10. The molecule has 1 saturated carbocycles. The van der Waals surface area contributed by atoms with Crippen molar-refractivity contribution in [2.45, 2.75) is 25.0 Å². The molecule has 1 aliphatic carbocycles. The van der Waals surface area contributed by atoms with Gasteiger partial charge in [0, 0.05) is 13.2 Å². The van der Waals surface area contributed by atoms with E-state index in [0.717, 1.165) is 12.8 Å². The maximum absolute atomic E-state index is 11.0. The summed E-state index contributed by atoms with van der Waals surface area (Å²) in [6, 6.07) is 3.43. The van der Waals surface area contributed by atoms with Crippen LogP contribution in [0.3, 0.4) is 0 Å². The molecule has 0 aliphatic heterocycles. The third-order valence-electron chi connectivity index (χ3n) is 2.95. The lowest BCUT2D eigenvalue weighted by atomic mass is 9.89. The number of nitrogens with zero attached hydrogens (tertiary/aromatic N) is 1. The Morgan fingerprint density at radius 1 is 1.53 bits per heavy atom. The summed E-state index contributed by atoms with van der Waals surface area (Å²) in [5, 5.41) is 3.18. The van der Waals surface area contributed by atoms with Gasteiger partial charge in [-0.25, -0.2) is 4.98 Å². The summed E-state index contributed by atoms with van der Waals surface area (Å²) in [4.78, 5) is 15.1. The van der Waals surface area contributed by atoms with Gasteiger partial charge >= 0.3 is 0 Å². The van der Waals surface area contributed by atoms with Crippen molar-refractivity contribution in [2.24, 2.45) is 5.73 Å². The number of nitrogen functional groups attached to an aromatic ring is 1. The van der Waals surface area contributed by atoms with Crippen LogP contribution in [-0.2, 0) is 4.74 Å². The number of nitrogens with two attached hydrogens (primary N) is 2. The number of ether oxygens (including phenoxy) is 1. The zero-order chi connectivity index (χ0) is 12.4. The van der Waals surface area contributed by atoms with Crippen molar-refractivity contribution in [3.8, 4) is 0 Å². The molecule has 0 aromatic carbocycles. The zero-order valence-electron chi connectivity index (χ0n) is 9.64. The smallest absolute Gasteiger partial charge is 0.267 e. The molecule has 1 fully saturated rings. The molecule has 92 valence electrons. The molecule has 0 radical (unpaired) electrons. The Morgan fingerprint density at radius 3 is 2.82 bits per heavy atom. The van der Waals surface area contributed by atoms with E-state index in [4.69, 9.17) is 16.2 Å². The number of amides is 1. The van der Waals surface area contributed by atoms with Crippen LogP contribution in [0.1, 0.15) is 23.3 Å². The number of nitrogens with one attached hydrogen (secondary N) is 1. The molecule has 0 spiro atoms. The highest BCUT2D eigenvalue weighted by atomic mass is 16.5. The average Bonchev–Trinajstić information content (AvgIpc) is 2.24. The van der Waals surface area contributed by atoms with Crippen molar-refractivity contribution in [2.75, 3.05) is 18.2 Å². The number of hydrogen-bond donors (Lipinski definition) is 3. The van der Waals surface area contributed by atoms with Gasteiger partial charge in [0.05, 0.1) is 11.8 Å². The van der Waals surface area contributed by atoms with E-state index in [0.29, 0.717) is 17.6 Å². The van der Waals surface area contributed by atoms with E-state index in [1.165, 1.54) is 6.07 Å². The van der Waals surface area contributed by atoms with Gasteiger partial charge in [-0.15, -0.1) is 0 Å². The fourth-order valence-electron chi connectivity index (χ4n) is 1.79. The molecule has 6 heteroatoms. The molecular formula is C11H16N4O2.